The minimum absolute atomic E-state index is 0.0337. The second kappa shape index (κ2) is 13.8. The summed E-state index contributed by atoms with van der Waals surface area (Å²) >= 11 is 0. The van der Waals surface area contributed by atoms with Crippen LogP contribution in [0.4, 0.5) is 0 Å². The van der Waals surface area contributed by atoms with E-state index in [1.54, 1.807) is 11.1 Å². The summed E-state index contributed by atoms with van der Waals surface area (Å²) in [5, 5.41) is 12.8. The monoisotopic (exact) mass is 820 g/mol. The van der Waals surface area contributed by atoms with E-state index in [0.717, 1.165) is 39.3 Å². The van der Waals surface area contributed by atoms with Crippen LogP contribution in [0.1, 0.15) is 56.6 Å². The molecule has 1 spiro atoms. The van der Waals surface area contributed by atoms with E-state index >= 15 is 0 Å². The number of fused-ring (bicyclic) bond motifs is 16. The van der Waals surface area contributed by atoms with Crippen molar-refractivity contribution in [3.63, 3.8) is 0 Å². The minimum atomic E-state index is 0.0337. The second-order valence-corrected chi connectivity index (χ2v) is 19.4. The van der Waals surface area contributed by atoms with Gasteiger partial charge in [-0.15, -0.1) is 0 Å². The number of rotatable bonds is 4. The summed E-state index contributed by atoms with van der Waals surface area (Å²) in [7, 11) is 0. The Morgan fingerprint density at radius 3 is 1.88 bits per heavy atom. The number of para-hydroxylation sites is 1. The first-order chi connectivity index (χ1) is 31.7. The summed E-state index contributed by atoms with van der Waals surface area (Å²) in [6.45, 7) is 2.43. The minimum Gasteiger partial charge on any atom is -0.455 e. The zero-order valence-corrected chi connectivity index (χ0v) is 36.2. The lowest BCUT2D eigenvalue weighted by Gasteiger charge is -2.51. The molecule has 64 heavy (non-hydrogen) atoms. The fourth-order valence-corrected chi connectivity index (χ4v) is 13.6. The summed E-state index contributed by atoms with van der Waals surface area (Å²) in [5.74, 6) is 2.34. The zero-order chi connectivity index (χ0) is 42.1. The maximum absolute atomic E-state index is 7.02. The van der Waals surface area contributed by atoms with Crippen LogP contribution in [-0.2, 0) is 5.41 Å². The highest BCUT2D eigenvalue weighted by molar-refractivity contribution is 6.24. The van der Waals surface area contributed by atoms with Gasteiger partial charge < -0.3 is 4.42 Å². The smallest absolute Gasteiger partial charge is 0.143 e. The third-order valence-electron chi connectivity index (χ3n) is 16.3. The Morgan fingerprint density at radius 1 is 0.469 bits per heavy atom. The molecule has 14 rings (SSSR count). The molecule has 2 fully saturated rings. The van der Waals surface area contributed by atoms with Crippen LogP contribution in [0.2, 0.25) is 0 Å². The van der Waals surface area contributed by atoms with E-state index in [1.807, 2.05) is 0 Å². The Hall–Kier alpha value is -6.96. The molecule has 11 aromatic rings. The molecule has 1 heterocycles. The second-order valence-electron chi connectivity index (χ2n) is 19.4. The molecule has 10 aromatic carbocycles. The molecule has 0 N–H and O–H groups in total. The zero-order valence-electron chi connectivity index (χ0n) is 36.2. The van der Waals surface area contributed by atoms with Gasteiger partial charge in [-0.25, -0.2) is 0 Å². The van der Waals surface area contributed by atoms with Crippen LogP contribution < -0.4 is 0 Å². The Kier molecular flexibility index (Phi) is 7.86. The Bertz CT molecular complexity index is 3660. The summed E-state index contributed by atoms with van der Waals surface area (Å²) in [6, 6.07) is 68.5. The van der Waals surface area contributed by atoms with Crippen molar-refractivity contribution < 1.29 is 4.42 Å². The summed E-state index contributed by atoms with van der Waals surface area (Å²) in [4.78, 5) is 0. The van der Waals surface area contributed by atoms with E-state index in [4.69, 9.17) is 4.42 Å². The van der Waals surface area contributed by atoms with Crippen LogP contribution in [0.3, 0.4) is 0 Å². The quantitative estimate of drug-likeness (QED) is 0.161. The van der Waals surface area contributed by atoms with E-state index in [1.165, 1.54) is 121 Å². The molecule has 306 valence electrons. The Labute approximate surface area is 374 Å². The van der Waals surface area contributed by atoms with Crippen LogP contribution in [0.15, 0.2) is 186 Å². The molecule has 0 saturated heterocycles. The molecule has 4 atom stereocenters. The van der Waals surface area contributed by atoms with Crippen molar-refractivity contribution in [1.82, 2.24) is 0 Å². The molecule has 1 heteroatoms. The molecule has 0 aliphatic heterocycles. The number of hydrogen-bond acceptors (Lipinski definition) is 1. The van der Waals surface area contributed by atoms with Gasteiger partial charge in [0, 0.05) is 27.3 Å². The largest absolute Gasteiger partial charge is 0.455 e. The highest BCUT2D eigenvalue weighted by Crippen LogP contribution is 2.65. The maximum atomic E-state index is 7.02. The molecule has 2 bridgehead atoms. The lowest BCUT2D eigenvalue weighted by molar-refractivity contribution is 0.0785. The highest BCUT2D eigenvalue weighted by Gasteiger charge is 2.54. The standard InChI is InChI=1S/C63H48O/c1-2-38-31-39-29-30-63(44(32-38)33-39)57-36-42-18-7-6-17-41(42)34-54(57)56-37-53(45-19-8-13-24-50(45)61(56)63)43-27-28-58-55(35-43)51-25-14-26-52(62(51)64-58)60-48-22-11-9-20-46(48)59(40-15-4-3-5-16-40)47-21-10-12-23-49(47)60/h3-28,34-39,44H,2,29-33H2,1H3. The van der Waals surface area contributed by atoms with Crippen molar-refractivity contribution in [1.29, 1.82) is 0 Å². The van der Waals surface area contributed by atoms with Gasteiger partial charge in [0.25, 0.3) is 0 Å². The van der Waals surface area contributed by atoms with Crippen LogP contribution >= 0.6 is 0 Å². The molecule has 1 aromatic heterocycles. The van der Waals surface area contributed by atoms with Crippen LogP contribution in [0.25, 0.3) is 110 Å². The van der Waals surface area contributed by atoms with Gasteiger partial charge >= 0.3 is 0 Å². The van der Waals surface area contributed by atoms with Gasteiger partial charge in [0.05, 0.1) is 0 Å². The number of hydrogen-bond donors (Lipinski definition) is 0. The van der Waals surface area contributed by atoms with Crippen LogP contribution in [-0.4, -0.2) is 0 Å². The van der Waals surface area contributed by atoms with Gasteiger partial charge in [-0.2, -0.15) is 0 Å². The number of furan rings is 1. The van der Waals surface area contributed by atoms with E-state index in [9.17, 15) is 0 Å². The Balaban J connectivity index is 0.991. The van der Waals surface area contributed by atoms with Gasteiger partial charge in [0.1, 0.15) is 11.2 Å². The fourth-order valence-electron chi connectivity index (χ4n) is 13.6. The van der Waals surface area contributed by atoms with E-state index < -0.39 is 0 Å². The molecule has 3 aliphatic carbocycles. The van der Waals surface area contributed by atoms with E-state index in [2.05, 4.69) is 189 Å². The number of benzene rings is 10. The third-order valence-corrected chi connectivity index (χ3v) is 16.3. The third kappa shape index (κ3) is 5.07. The first-order valence-corrected chi connectivity index (χ1v) is 23.7. The molecular weight excluding hydrogens is 773 g/mol. The van der Waals surface area contributed by atoms with Crippen LogP contribution in [0, 0.1) is 17.8 Å². The van der Waals surface area contributed by atoms with E-state index in [-0.39, 0.29) is 5.41 Å². The predicted molar refractivity (Wildman–Crippen MR) is 270 cm³/mol. The van der Waals surface area contributed by atoms with Gasteiger partial charge in [-0.3, -0.25) is 0 Å². The first kappa shape index (κ1) is 36.5. The first-order valence-electron chi connectivity index (χ1n) is 23.7. The van der Waals surface area contributed by atoms with Crippen molar-refractivity contribution >= 4 is 65.0 Å². The molecule has 0 amide bonds. The van der Waals surface area contributed by atoms with Gasteiger partial charge in [-0.05, 0) is 168 Å². The summed E-state index contributed by atoms with van der Waals surface area (Å²) in [5.41, 5.74) is 15.4. The maximum Gasteiger partial charge on any atom is 0.143 e. The average molecular weight is 821 g/mol. The van der Waals surface area contributed by atoms with Crippen molar-refractivity contribution in [2.24, 2.45) is 17.8 Å². The molecule has 3 aliphatic rings. The van der Waals surface area contributed by atoms with E-state index in [0.29, 0.717) is 5.92 Å². The average Bonchev–Trinajstić information content (AvgIpc) is 3.86. The normalized spacial score (nSPS) is 20.2. The van der Waals surface area contributed by atoms with Gasteiger partial charge in [0.2, 0.25) is 0 Å². The van der Waals surface area contributed by atoms with Crippen molar-refractivity contribution in [2.45, 2.75) is 50.9 Å². The summed E-state index contributed by atoms with van der Waals surface area (Å²) in [6.07, 6.45) is 7.97. The topological polar surface area (TPSA) is 13.1 Å². The van der Waals surface area contributed by atoms with Crippen molar-refractivity contribution in [3.05, 3.63) is 193 Å². The molecule has 4 unspecified atom stereocenters. The predicted octanol–water partition coefficient (Wildman–Crippen LogP) is 17.7. The van der Waals surface area contributed by atoms with Crippen molar-refractivity contribution in [3.8, 4) is 44.5 Å². The highest BCUT2D eigenvalue weighted by atomic mass is 16.3. The summed E-state index contributed by atoms with van der Waals surface area (Å²) < 4.78 is 7.02. The van der Waals surface area contributed by atoms with Crippen molar-refractivity contribution in [2.75, 3.05) is 0 Å². The molecule has 2 saturated carbocycles. The molecule has 0 radical (unpaired) electrons. The fraction of sp³-hybridized carbons (Fsp3) is 0.175. The van der Waals surface area contributed by atoms with Crippen LogP contribution in [0.5, 0.6) is 0 Å². The Morgan fingerprint density at radius 2 is 1.12 bits per heavy atom. The lowest BCUT2D eigenvalue weighted by Crippen LogP contribution is -2.44. The lowest BCUT2D eigenvalue weighted by atomic mass is 9.52. The molecular formula is C63H48O. The SMILES string of the molecule is CCC1CC2CCC3(c4cc5ccccc5cc4-c4cc(-c5ccc6oc7c(-c8c9ccccc9c(-c9ccccc9)c9ccccc89)cccc7c6c5)c5ccccc5c43)C(C1)C2. The van der Waals surface area contributed by atoms with Gasteiger partial charge in [-0.1, -0.05) is 165 Å². The van der Waals surface area contributed by atoms with Gasteiger partial charge in [0.15, 0.2) is 0 Å². The molecule has 1 nitrogen and oxygen atoms in total.